The van der Waals surface area contributed by atoms with Gasteiger partial charge in [0.15, 0.2) is 0 Å². The second kappa shape index (κ2) is 14.8. The van der Waals surface area contributed by atoms with Crippen LogP contribution in [-0.2, 0) is 14.4 Å². The number of carbonyl (C=O) groups is 3. The molecule has 9 heteroatoms. The Balaban J connectivity index is 1.37. The third-order valence-corrected chi connectivity index (χ3v) is 8.96. The molecule has 212 valence electrons. The van der Waals surface area contributed by atoms with Crippen LogP contribution in [0.4, 0.5) is 11.4 Å². The summed E-state index contributed by atoms with van der Waals surface area (Å²) in [7, 11) is 0. The zero-order valence-corrected chi connectivity index (χ0v) is 25.3. The fourth-order valence-electron chi connectivity index (χ4n) is 5.05. The number of carbonyl (C=O) groups excluding carboxylic acids is 3. The maximum atomic E-state index is 13.6. The summed E-state index contributed by atoms with van der Waals surface area (Å²) in [4.78, 5) is 43.3. The monoisotopic (exact) mass is 597 g/mol. The zero-order valence-electron chi connectivity index (χ0n) is 22.9. The predicted molar refractivity (Wildman–Crippen MR) is 170 cm³/mol. The quantitative estimate of drug-likeness (QED) is 0.137. The zero-order chi connectivity index (χ0) is 28.5. The molecule has 6 nitrogen and oxygen atoms in total. The van der Waals surface area contributed by atoms with Gasteiger partial charge in [-0.1, -0.05) is 131 Å². The lowest BCUT2D eigenvalue weighted by atomic mass is 10.1. The number of halogens is 1. The van der Waals surface area contributed by atoms with Gasteiger partial charge >= 0.3 is 0 Å². The molecule has 2 aliphatic heterocycles. The van der Waals surface area contributed by atoms with Crippen molar-refractivity contribution in [2.24, 2.45) is 0 Å². The third kappa shape index (κ3) is 7.33. The molecule has 1 N–H and O–H groups in total. The molecular weight excluding hydrogens is 562 g/mol. The van der Waals surface area contributed by atoms with Gasteiger partial charge in [0, 0.05) is 12.1 Å². The van der Waals surface area contributed by atoms with Gasteiger partial charge in [0.1, 0.15) is 10.9 Å². The van der Waals surface area contributed by atoms with Gasteiger partial charge in [-0.25, -0.2) is 0 Å². The van der Waals surface area contributed by atoms with Crippen LogP contribution >= 0.6 is 35.6 Å². The molecule has 2 aromatic carbocycles. The number of fused-ring (bicyclic) bond motifs is 1. The van der Waals surface area contributed by atoms with E-state index in [1.807, 2.05) is 18.2 Å². The van der Waals surface area contributed by atoms with Gasteiger partial charge in [0.2, 0.25) is 5.91 Å². The summed E-state index contributed by atoms with van der Waals surface area (Å²) in [6.45, 7) is 2.58. The number of thioether (sulfide) groups is 1. The van der Waals surface area contributed by atoms with Gasteiger partial charge < -0.3 is 5.32 Å². The van der Waals surface area contributed by atoms with Crippen molar-refractivity contribution in [3.05, 3.63) is 64.0 Å². The maximum absolute atomic E-state index is 13.6. The van der Waals surface area contributed by atoms with E-state index >= 15 is 0 Å². The summed E-state index contributed by atoms with van der Waals surface area (Å²) in [5.74, 6) is -0.993. The van der Waals surface area contributed by atoms with Gasteiger partial charge in [-0.15, -0.1) is 0 Å². The molecule has 4 rings (SSSR count). The van der Waals surface area contributed by atoms with Crippen molar-refractivity contribution >= 4 is 74.6 Å². The Labute approximate surface area is 251 Å². The van der Waals surface area contributed by atoms with Crippen molar-refractivity contribution in [2.45, 2.75) is 71.1 Å². The van der Waals surface area contributed by atoms with Gasteiger partial charge in [-0.05, 0) is 24.6 Å². The van der Waals surface area contributed by atoms with Crippen LogP contribution in [0, 0.1) is 0 Å². The van der Waals surface area contributed by atoms with Crippen LogP contribution < -0.4 is 10.2 Å². The molecule has 1 saturated heterocycles. The Bertz CT molecular complexity index is 1300. The van der Waals surface area contributed by atoms with E-state index in [1.54, 1.807) is 35.2 Å². The minimum absolute atomic E-state index is 0.205. The Morgan fingerprint density at radius 1 is 0.850 bits per heavy atom. The first kappa shape index (κ1) is 30.3. The Hall–Kier alpha value is -2.68. The number of hydrogen-bond acceptors (Lipinski definition) is 5. The number of unbranched alkanes of at least 4 members (excludes halogenated alkanes) is 9. The molecule has 0 saturated carbocycles. The second-order valence-electron chi connectivity index (χ2n) is 10.1. The molecule has 40 heavy (non-hydrogen) atoms. The number of thiocarbonyl (C=S) groups is 1. The highest BCUT2D eigenvalue weighted by Crippen LogP contribution is 2.44. The molecule has 0 aromatic heterocycles. The van der Waals surface area contributed by atoms with Crippen LogP contribution in [0.5, 0.6) is 0 Å². The van der Waals surface area contributed by atoms with E-state index in [9.17, 15) is 14.4 Å². The first-order valence-corrected chi connectivity index (χ1v) is 15.8. The molecular formula is C31H36ClN3O3S2. The summed E-state index contributed by atoms with van der Waals surface area (Å²) in [5, 5.41) is 3.18. The third-order valence-electron chi connectivity index (χ3n) is 7.18. The molecule has 3 amide bonds. The Morgan fingerprint density at radius 3 is 2.17 bits per heavy atom. The smallest absolute Gasteiger partial charge is 0.267 e. The van der Waals surface area contributed by atoms with Crippen LogP contribution in [0.2, 0.25) is 5.02 Å². The lowest BCUT2D eigenvalue weighted by molar-refractivity contribution is -0.122. The number of para-hydroxylation sites is 2. The van der Waals surface area contributed by atoms with Crippen LogP contribution in [0.15, 0.2) is 53.4 Å². The molecule has 2 aliphatic rings. The molecule has 2 aromatic rings. The van der Waals surface area contributed by atoms with Gasteiger partial charge in [0.25, 0.3) is 11.8 Å². The number of amides is 3. The lowest BCUT2D eigenvalue weighted by Crippen LogP contribution is -2.35. The average molecular weight is 598 g/mol. The molecule has 1 fully saturated rings. The molecule has 2 heterocycles. The van der Waals surface area contributed by atoms with E-state index in [4.69, 9.17) is 23.8 Å². The highest BCUT2D eigenvalue weighted by molar-refractivity contribution is 8.26. The summed E-state index contributed by atoms with van der Waals surface area (Å²) < 4.78 is 0.476. The molecule has 0 unspecified atom stereocenters. The van der Waals surface area contributed by atoms with Crippen LogP contribution in [-0.4, -0.2) is 40.0 Å². The Kier molecular flexibility index (Phi) is 11.2. The molecule has 0 bridgehead atoms. The van der Waals surface area contributed by atoms with Crippen molar-refractivity contribution in [1.29, 1.82) is 0 Å². The lowest BCUT2D eigenvalue weighted by Gasteiger charge is -2.17. The van der Waals surface area contributed by atoms with Gasteiger partial charge in [-0.2, -0.15) is 0 Å². The first-order chi connectivity index (χ1) is 19.4. The fourth-order valence-corrected chi connectivity index (χ4v) is 6.62. The number of hydrogen-bond donors (Lipinski definition) is 1. The van der Waals surface area contributed by atoms with E-state index in [0.717, 1.165) is 19.3 Å². The van der Waals surface area contributed by atoms with Crippen molar-refractivity contribution in [3.8, 4) is 0 Å². The minimum Gasteiger partial charge on any atom is -0.323 e. The summed E-state index contributed by atoms with van der Waals surface area (Å²) >= 11 is 12.9. The number of nitrogens with zero attached hydrogens (tertiary/aromatic N) is 2. The normalized spacial score (nSPS) is 16.7. The number of benzene rings is 2. The summed E-state index contributed by atoms with van der Waals surface area (Å²) in [6, 6.07) is 14.2. The van der Waals surface area contributed by atoms with E-state index in [2.05, 4.69) is 12.2 Å². The van der Waals surface area contributed by atoms with E-state index in [0.29, 0.717) is 43.3 Å². The van der Waals surface area contributed by atoms with Crippen LogP contribution in [0.25, 0.3) is 5.57 Å². The predicted octanol–water partition coefficient (Wildman–Crippen LogP) is 7.82. The van der Waals surface area contributed by atoms with E-state index in [1.165, 1.54) is 61.6 Å². The molecule has 0 spiro atoms. The fraction of sp³-hybridized carbons (Fsp3) is 0.419. The maximum Gasteiger partial charge on any atom is 0.267 e. The van der Waals surface area contributed by atoms with Gasteiger partial charge in [0.05, 0.1) is 26.9 Å². The molecule has 0 aliphatic carbocycles. The van der Waals surface area contributed by atoms with Crippen LogP contribution in [0.3, 0.4) is 0 Å². The molecule has 0 atom stereocenters. The summed E-state index contributed by atoms with van der Waals surface area (Å²) in [6.07, 6.45) is 12.1. The largest absolute Gasteiger partial charge is 0.323 e. The topological polar surface area (TPSA) is 69.7 Å². The van der Waals surface area contributed by atoms with E-state index < -0.39 is 0 Å². The van der Waals surface area contributed by atoms with Crippen molar-refractivity contribution in [1.82, 2.24) is 4.90 Å². The minimum atomic E-state index is -0.383. The van der Waals surface area contributed by atoms with Crippen LogP contribution in [0.1, 0.15) is 76.7 Å². The SMILES string of the molecule is CCCCCCCCCCCCN1C(=O)C(=C2C(=O)N(CC(=O)Nc3ccccc3Cl)c3ccccc32)SC1=S. The summed E-state index contributed by atoms with van der Waals surface area (Å²) in [5.41, 5.74) is 2.01. The van der Waals surface area contributed by atoms with Crippen molar-refractivity contribution in [3.63, 3.8) is 0 Å². The highest BCUT2D eigenvalue weighted by atomic mass is 35.5. The number of anilines is 2. The number of rotatable bonds is 14. The van der Waals surface area contributed by atoms with Crippen molar-refractivity contribution in [2.75, 3.05) is 23.3 Å². The standard InChI is InChI=1S/C31H36ClN3O3S2/c1-2-3-4-5-6-7-8-9-10-15-20-34-30(38)28(40-31(34)39)27-22-16-11-14-19-25(22)35(29(27)37)21-26(36)33-24-18-13-12-17-23(24)32/h11-14,16-19H,2-10,15,20-21H2,1H3,(H,33,36). The first-order valence-electron chi connectivity index (χ1n) is 14.2. The Morgan fingerprint density at radius 2 is 1.48 bits per heavy atom. The van der Waals surface area contributed by atoms with Gasteiger partial charge in [-0.3, -0.25) is 24.2 Å². The highest BCUT2D eigenvalue weighted by Gasteiger charge is 2.42. The second-order valence-corrected chi connectivity index (χ2v) is 12.2. The van der Waals surface area contributed by atoms with Crippen molar-refractivity contribution < 1.29 is 14.4 Å². The molecule has 0 radical (unpaired) electrons. The average Bonchev–Trinajstić information content (AvgIpc) is 3.37. The van der Waals surface area contributed by atoms with E-state index in [-0.39, 0.29) is 24.3 Å². The number of nitrogens with one attached hydrogen (secondary N) is 1.